The number of hydrogen-bond acceptors (Lipinski definition) is 4. The van der Waals surface area contributed by atoms with Gasteiger partial charge in [-0.05, 0) is 19.1 Å². The number of ether oxygens (including phenoxy) is 2. The van der Waals surface area contributed by atoms with E-state index < -0.39 is 12.3 Å². The van der Waals surface area contributed by atoms with Crippen LogP contribution in [0.2, 0.25) is 0 Å². The first-order chi connectivity index (χ1) is 7.59. The van der Waals surface area contributed by atoms with Crippen molar-refractivity contribution in [3.8, 4) is 5.75 Å². The molecule has 0 spiro atoms. The van der Waals surface area contributed by atoms with Crippen molar-refractivity contribution >= 4 is 5.97 Å². The topological polar surface area (TPSA) is 55.8 Å². The van der Waals surface area contributed by atoms with Gasteiger partial charge in [-0.2, -0.15) is 0 Å². The number of aliphatic hydroxyl groups excluding tert-OH is 1. The van der Waals surface area contributed by atoms with Crippen molar-refractivity contribution in [1.82, 2.24) is 0 Å². The average Bonchev–Trinajstić information content (AvgIpc) is 2.27. The quantitative estimate of drug-likeness (QED) is 0.466. The molecule has 86 valence electrons. The van der Waals surface area contributed by atoms with Crippen molar-refractivity contribution in [1.29, 1.82) is 0 Å². The van der Waals surface area contributed by atoms with Crippen LogP contribution in [0, 0.1) is 0 Å². The van der Waals surface area contributed by atoms with Crippen LogP contribution in [-0.4, -0.2) is 24.0 Å². The molecule has 0 saturated carbocycles. The van der Waals surface area contributed by atoms with Crippen molar-refractivity contribution in [3.05, 3.63) is 42.5 Å². The Bertz CT molecular complexity index is 359. The third-order valence-electron chi connectivity index (χ3n) is 1.73. The normalized spacial score (nSPS) is 11.6. The van der Waals surface area contributed by atoms with Gasteiger partial charge in [-0.15, -0.1) is 0 Å². The van der Waals surface area contributed by atoms with Crippen LogP contribution >= 0.6 is 0 Å². The minimum atomic E-state index is -1.29. The van der Waals surface area contributed by atoms with Crippen LogP contribution in [0.15, 0.2) is 42.5 Å². The lowest BCUT2D eigenvalue weighted by molar-refractivity contribution is -0.167. The zero-order valence-corrected chi connectivity index (χ0v) is 9.05. The summed E-state index contributed by atoms with van der Waals surface area (Å²) in [5.74, 6) is -0.0305. The average molecular weight is 222 g/mol. The second-order valence-corrected chi connectivity index (χ2v) is 3.26. The van der Waals surface area contributed by atoms with Crippen molar-refractivity contribution < 1.29 is 19.4 Å². The van der Waals surface area contributed by atoms with Crippen molar-refractivity contribution in [2.24, 2.45) is 0 Å². The molecule has 0 aromatic heterocycles. The van der Waals surface area contributed by atoms with Crippen molar-refractivity contribution in [3.63, 3.8) is 0 Å². The standard InChI is InChI=1S/C12H14O4/c1-9(2)12(14)16-11(13)8-15-10-6-4-3-5-7-10/h3-7,11,13H,1,8H2,2H3. The Morgan fingerprint density at radius 1 is 1.44 bits per heavy atom. The fourth-order valence-corrected chi connectivity index (χ4v) is 0.942. The van der Waals surface area contributed by atoms with Crippen LogP contribution in [0.4, 0.5) is 0 Å². The molecule has 4 nitrogen and oxygen atoms in total. The van der Waals surface area contributed by atoms with Gasteiger partial charge in [0, 0.05) is 5.57 Å². The summed E-state index contributed by atoms with van der Waals surface area (Å²) in [4.78, 5) is 11.0. The Kier molecular flexibility index (Phi) is 4.54. The first-order valence-corrected chi connectivity index (χ1v) is 4.82. The smallest absolute Gasteiger partial charge is 0.335 e. The molecular weight excluding hydrogens is 208 g/mol. The van der Waals surface area contributed by atoms with Gasteiger partial charge in [0.05, 0.1) is 0 Å². The van der Waals surface area contributed by atoms with E-state index in [9.17, 15) is 9.90 Å². The maximum absolute atomic E-state index is 11.0. The zero-order valence-electron chi connectivity index (χ0n) is 9.05. The molecule has 1 aromatic rings. The van der Waals surface area contributed by atoms with E-state index in [-0.39, 0.29) is 12.2 Å². The first kappa shape index (κ1) is 12.3. The Balaban J connectivity index is 2.33. The molecule has 0 saturated heterocycles. The zero-order chi connectivity index (χ0) is 12.0. The summed E-state index contributed by atoms with van der Waals surface area (Å²) in [6, 6.07) is 8.95. The van der Waals surface area contributed by atoms with Gasteiger partial charge in [-0.1, -0.05) is 24.8 Å². The van der Waals surface area contributed by atoms with E-state index in [0.29, 0.717) is 5.75 Å². The summed E-state index contributed by atoms with van der Waals surface area (Å²) in [7, 11) is 0. The monoisotopic (exact) mass is 222 g/mol. The van der Waals surface area contributed by atoms with E-state index in [0.717, 1.165) is 0 Å². The van der Waals surface area contributed by atoms with Crippen LogP contribution in [0.3, 0.4) is 0 Å². The van der Waals surface area contributed by atoms with E-state index in [1.165, 1.54) is 6.92 Å². The van der Waals surface area contributed by atoms with E-state index in [1.54, 1.807) is 12.1 Å². The highest BCUT2D eigenvalue weighted by molar-refractivity contribution is 5.86. The lowest BCUT2D eigenvalue weighted by atomic mass is 10.3. The first-order valence-electron chi connectivity index (χ1n) is 4.82. The second-order valence-electron chi connectivity index (χ2n) is 3.26. The molecule has 1 atom stereocenters. The summed E-state index contributed by atoms with van der Waals surface area (Å²) < 4.78 is 9.82. The number of rotatable bonds is 5. The highest BCUT2D eigenvalue weighted by Crippen LogP contribution is 2.09. The number of para-hydroxylation sites is 1. The Labute approximate surface area is 94.1 Å². The third kappa shape index (κ3) is 4.14. The molecule has 4 heteroatoms. The number of aliphatic hydroxyl groups is 1. The lowest BCUT2D eigenvalue weighted by Gasteiger charge is -2.13. The number of hydrogen-bond donors (Lipinski definition) is 1. The molecule has 0 heterocycles. The van der Waals surface area contributed by atoms with Gasteiger partial charge in [-0.25, -0.2) is 4.79 Å². The summed E-state index contributed by atoms with van der Waals surface area (Å²) >= 11 is 0. The fourth-order valence-electron chi connectivity index (χ4n) is 0.942. The fraction of sp³-hybridized carbons (Fsp3) is 0.250. The van der Waals surface area contributed by atoms with Gasteiger partial charge in [-0.3, -0.25) is 0 Å². The Morgan fingerprint density at radius 2 is 2.06 bits per heavy atom. The largest absolute Gasteiger partial charge is 0.487 e. The molecule has 1 N–H and O–H groups in total. The molecule has 1 aromatic carbocycles. The SMILES string of the molecule is C=C(C)C(=O)OC(O)COc1ccccc1. The van der Waals surface area contributed by atoms with Crippen LogP contribution in [-0.2, 0) is 9.53 Å². The summed E-state index contributed by atoms with van der Waals surface area (Å²) in [6.45, 7) is 4.80. The number of carbonyl (C=O) groups excluding carboxylic acids is 1. The summed E-state index contributed by atoms with van der Waals surface area (Å²) in [5.41, 5.74) is 0.235. The van der Waals surface area contributed by atoms with E-state index in [2.05, 4.69) is 11.3 Å². The van der Waals surface area contributed by atoms with Crippen molar-refractivity contribution in [2.45, 2.75) is 13.2 Å². The van der Waals surface area contributed by atoms with Crippen LogP contribution in [0.25, 0.3) is 0 Å². The Morgan fingerprint density at radius 3 is 2.62 bits per heavy atom. The predicted molar refractivity (Wildman–Crippen MR) is 58.8 cm³/mol. The van der Waals surface area contributed by atoms with E-state index >= 15 is 0 Å². The molecule has 0 aliphatic rings. The highest BCUT2D eigenvalue weighted by atomic mass is 16.7. The van der Waals surface area contributed by atoms with Gasteiger partial charge in [0.1, 0.15) is 5.75 Å². The molecule has 1 unspecified atom stereocenters. The maximum Gasteiger partial charge on any atom is 0.335 e. The third-order valence-corrected chi connectivity index (χ3v) is 1.73. The molecule has 16 heavy (non-hydrogen) atoms. The number of benzene rings is 1. The molecule has 0 fully saturated rings. The minimum Gasteiger partial charge on any atom is -0.487 e. The predicted octanol–water partition coefficient (Wildman–Crippen LogP) is 1.50. The van der Waals surface area contributed by atoms with Gasteiger partial charge < -0.3 is 14.6 Å². The minimum absolute atomic E-state index is 0.108. The highest BCUT2D eigenvalue weighted by Gasteiger charge is 2.11. The van der Waals surface area contributed by atoms with Gasteiger partial charge >= 0.3 is 5.97 Å². The van der Waals surface area contributed by atoms with Crippen LogP contribution in [0.5, 0.6) is 5.75 Å². The van der Waals surface area contributed by atoms with Gasteiger partial charge in [0.15, 0.2) is 6.61 Å². The molecule has 1 rings (SSSR count). The number of esters is 1. The number of carbonyl (C=O) groups is 1. The molecule has 0 aliphatic heterocycles. The molecule has 0 amide bonds. The molecular formula is C12H14O4. The maximum atomic E-state index is 11.0. The lowest BCUT2D eigenvalue weighted by Crippen LogP contribution is -2.24. The summed E-state index contributed by atoms with van der Waals surface area (Å²) in [5, 5.41) is 9.32. The van der Waals surface area contributed by atoms with Crippen LogP contribution in [0.1, 0.15) is 6.92 Å². The molecule has 0 bridgehead atoms. The van der Waals surface area contributed by atoms with E-state index in [4.69, 9.17) is 4.74 Å². The Hall–Kier alpha value is -1.81. The van der Waals surface area contributed by atoms with E-state index in [1.807, 2.05) is 18.2 Å². The summed E-state index contributed by atoms with van der Waals surface area (Å²) in [6.07, 6.45) is -1.29. The molecule has 0 radical (unpaired) electrons. The molecule has 0 aliphatic carbocycles. The van der Waals surface area contributed by atoms with Crippen LogP contribution < -0.4 is 4.74 Å². The van der Waals surface area contributed by atoms with Gasteiger partial charge in [0.25, 0.3) is 0 Å². The van der Waals surface area contributed by atoms with Crippen molar-refractivity contribution in [2.75, 3.05) is 6.61 Å². The second kappa shape index (κ2) is 5.92. The van der Waals surface area contributed by atoms with Gasteiger partial charge in [0.2, 0.25) is 6.29 Å².